The third-order valence-corrected chi connectivity index (χ3v) is 12.7. The van der Waals surface area contributed by atoms with Gasteiger partial charge in [-0.05, 0) is 93.1 Å². The van der Waals surface area contributed by atoms with Gasteiger partial charge < -0.3 is 0 Å². The fraction of sp³-hybridized carbons (Fsp3) is 0.0833. The van der Waals surface area contributed by atoms with Gasteiger partial charge >= 0.3 is 0 Å². The zero-order chi connectivity index (χ0) is 38.2. The van der Waals surface area contributed by atoms with Gasteiger partial charge in [-0.3, -0.25) is 0 Å². The van der Waals surface area contributed by atoms with Crippen molar-refractivity contribution in [2.75, 3.05) is 0 Å². The lowest BCUT2D eigenvalue weighted by Crippen LogP contribution is -2.04. The van der Waals surface area contributed by atoms with Gasteiger partial charge in [0, 0.05) is 43.6 Å². The van der Waals surface area contributed by atoms with Crippen LogP contribution in [0.3, 0.4) is 0 Å². The summed E-state index contributed by atoms with van der Waals surface area (Å²) in [6.07, 6.45) is 17.0. The molecule has 272 valence electrons. The van der Waals surface area contributed by atoms with E-state index in [0.29, 0.717) is 0 Å². The van der Waals surface area contributed by atoms with Crippen molar-refractivity contribution in [3.05, 3.63) is 213 Å². The largest absolute Gasteiger partial charge is 0.248 e. The number of aliphatic imine (C=N–C) groups is 4. The number of fused-ring (bicyclic) bond motifs is 4. The first kappa shape index (κ1) is 37.0. The van der Waals surface area contributed by atoms with E-state index in [9.17, 15) is 0 Å². The average molecular weight is 984 g/mol. The highest BCUT2D eigenvalue weighted by Gasteiger charge is 2.28. The number of allylic oxidation sites excluding steroid dienone is 12. The Bertz CT molecular complexity index is 2350. The first-order valence-electron chi connectivity index (χ1n) is 18.2. The second kappa shape index (κ2) is 16.1. The molecule has 5 aliphatic rings. The molecular weight excluding hydrogens is 952 g/mol. The number of nitrogens with zero attached hydrogens (tertiary/aromatic N) is 4. The molecule has 0 unspecified atom stereocenters. The summed E-state index contributed by atoms with van der Waals surface area (Å²) in [6.45, 7) is 0. The Morgan fingerprint density at radius 2 is 0.536 bits per heavy atom. The van der Waals surface area contributed by atoms with E-state index in [0.717, 1.165) is 112 Å². The van der Waals surface area contributed by atoms with Gasteiger partial charge in [-0.25, -0.2) is 20.0 Å². The third kappa shape index (κ3) is 7.13. The van der Waals surface area contributed by atoms with Gasteiger partial charge in [0.2, 0.25) is 0 Å². The molecule has 4 aromatic rings. The van der Waals surface area contributed by atoms with Gasteiger partial charge in [0.05, 0.1) is 45.6 Å². The summed E-state index contributed by atoms with van der Waals surface area (Å²) in [5, 5.41) is 2.97. The maximum absolute atomic E-state index is 5.43. The topological polar surface area (TPSA) is 49.4 Å². The molecule has 0 N–H and O–H groups in total. The van der Waals surface area contributed by atoms with Gasteiger partial charge in [-0.15, -0.1) is 0 Å². The predicted octanol–water partition coefficient (Wildman–Crippen LogP) is 13.3. The molecule has 9 rings (SSSR count). The van der Waals surface area contributed by atoms with Crippen LogP contribution in [0, 0.1) is 0 Å². The van der Waals surface area contributed by atoms with E-state index >= 15 is 0 Å². The Hall–Kier alpha value is -4.60. The molecular formula is C48H32Br4N4. The van der Waals surface area contributed by atoms with Crippen molar-refractivity contribution in [2.45, 2.75) is 21.3 Å². The van der Waals surface area contributed by atoms with Crippen molar-refractivity contribution in [1.82, 2.24) is 0 Å². The minimum absolute atomic E-state index is 0.743. The van der Waals surface area contributed by atoms with Crippen LogP contribution in [-0.4, -0.2) is 22.8 Å². The third-order valence-electron chi connectivity index (χ3n) is 10.1. The van der Waals surface area contributed by atoms with Crippen LogP contribution in [-0.2, 0) is 21.3 Å². The summed E-state index contributed by atoms with van der Waals surface area (Å²) in [5.74, 6) is 0. The highest BCUT2D eigenvalue weighted by molar-refractivity contribution is 9.09. The summed E-state index contributed by atoms with van der Waals surface area (Å²) < 4.78 is 0. The number of hydrogen-bond donors (Lipinski definition) is 0. The molecule has 4 aromatic carbocycles. The maximum atomic E-state index is 5.43. The summed E-state index contributed by atoms with van der Waals surface area (Å²) in [6, 6.07) is 34.4. The van der Waals surface area contributed by atoms with Crippen LogP contribution < -0.4 is 0 Å². The normalized spacial score (nSPS) is 17.1. The van der Waals surface area contributed by atoms with Gasteiger partial charge in [0.1, 0.15) is 0 Å². The molecule has 0 aliphatic carbocycles. The molecule has 0 aromatic heterocycles. The fourth-order valence-electron chi connectivity index (χ4n) is 7.51. The SMILES string of the molecule is BrCc1cccc(C2=C3C=CC(=N3)C(c3cccc(CBr)c3)=C3C=CC(=N3)C(c3cccc(CBr)c3)=C3C=CC(=N3)C(c3cccc(CBr)c3)=C3C=CC2=N3)c1. The molecule has 0 atom stereocenters. The molecule has 8 heteroatoms. The van der Waals surface area contributed by atoms with Crippen LogP contribution in [0.5, 0.6) is 0 Å². The van der Waals surface area contributed by atoms with Crippen molar-refractivity contribution < 1.29 is 0 Å². The smallest absolute Gasteiger partial charge is 0.0738 e. The molecule has 0 radical (unpaired) electrons. The van der Waals surface area contributed by atoms with Gasteiger partial charge in [-0.1, -0.05) is 161 Å². The number of alkyl halides is 4. The zero-order valence-electron chi connectivity index (χ0n) is 30.0. The Morgan fingerprint density at radius 1 is 0.304 bits per heavy atom. The molecule has 0 saturated carbocycles. The highest BCUT2D eigenvalue weighted by Crippen LogP contribution is 2.39. The van der Waals surface area contributed by atoms with Crippen LogP contribution in [0.2, 0.25) is 0 Å². The van der Waals surface area contributed by atoms with Crippen LogP contribution in [0.15, 0.2) is 188 Å². The van der Waals surface area contributed by atoms with E-state index in [1.807, 2.05) is 0 Å². The first-order chi connectivity index (χ1) is 27.5. The lowest BCUT2D eigenvalue weighted by atomic mass is 9.97. The van der Waals surface area contributed by atoms with Gasteiger partial charge in [0.25, 0.3) is 0 Å². The Morgan fingerprint density at radius 3 is 0.750 bits per heavy atom. The average Bonchev–Trinajstić information content (AvgIpc) is 4.09. The fourth-order valence-corrected chi connectivity index (χ4v) is 8.91. The van der Waals surface area contributed by atoms with E-state index < -0.39 is 0 Å². The van der Waals surface area contributed by atoms with Crippen molar-refractivity contribution in [3.63, 3.8) is 0 Å². The van der Waals surface area contributed by atoms with E-state index in [1.165, 1.54) is 22.3 Å². The minimum atomic E-state index is 0.743. The van der Waals surface area contributed by atoms with Crippen molar-refractivity contribution in [2.24, 2.45) is 20.0 Å². The summed E-state index contributed by atoms with van der Waals surface area (Å²) in [4.78, 5) is 21.7. The molecule has 0 spiro atoms. The second-order valence-corrected chi connectivity index (χ2v) is 15.9. The Labute approximate surface area is 360 Å². The molecule has 0 saturated heterocycles. The molecule has 0 amide bonds. The number of halogens is 4. The maximum Gasteiger partial charge on any atom is 0.0738 e. The van der Waals surface area contributed by atoms with Crippen LogP contribution in [0.1, 0.15) is 44.5 Å². The Balaban J connectivity index is 1.37. The molecule has 5 heterocycles. The summed E-state index contributed by atoms with van der Waals surface area (Å²) in [5.41, 5.74) is 19.5. The molecule has 5 aliphatic heterocycles. The van der Waals surface area contributed by atoms with E-state index in [-0.39, 0.29) is 0 Å². The number of rotatable bonds is 8. The molecule has 0 fully saturated rings. The van der Waals surface area contributed by atoms with E-state index in [2.05, 4.69) is 209 Å². The summed E-state index contributed by atoms with van der Waals surface area (Å²) in [7, 11) is 0. The standard InChI is InChI=1S/C48H32Br4N4/c49-25-29-5-1-9-33(21-29)45-37-13-15-39(53-37)46(34-10-2-6-30(22-34)26-50)41-17-19-43(55-41)48(36-12-4-8-32(24-36)28-52)44-20-18-42(56-44)47(40-16-14-38(45)54-40)35-11-3-7-31(23-35)27-51/h1-24H,25-28H2. The lowest BCUT2D eigenvalue weighted by Gasteiger charge is -2.13. The monoisotopic (exact) mass is 980 g/mol. The van der Waals surface area contributed by atoms with E-state index in [4.69, 9.17) is 20.0 Å². The van der Waals surface area contributed by atoms with Gasteiger partial charge in [-0.2, -0.15) is 0 Å². The van der Waals surface area contributed by atoms with Crippen molar-refractivity contribution in [1.29, 1.82) is 0 Å². The number of benzene rings is 4. The molecule has 8 bridgehead atoms. The second-order valence-electron chi connectivity index (χ2n) is 13.7. The first-order valence-corrected chi connectivity index (χ1v) is 22.7. The zero-order valence-corrected chi connectivity index (χ0v) is 36.3. The quantitative estimate of drug-likeness (QED) is 0.158. The van der Waals surface area contributed by atoms with Crippen LogP contribution >= 0.6 is 63.7 Å². The summed E-state index contributed by atoms with van der Waals surface area (Å²) >= 11 is 14.7. The van der Waals surface area contributed by atoms with Gasteiger partial charge in [0.15, 0.2) is 0 Å². The Kier molecular flexibility index (Phi) is 10.6. The number of hydrogen-bond acceptors (Lipinski definition) is 4. The molecule has 4 nitrogen and oxygen atoms in total. The van der Waals surface area contributed by atoms with Crippen LogP contribution in [0.25, 0.3) is 22.3 Å². The van der Waals surface area contributed by atoms with E-state index in [1.54, 1.807) is 0 Å². The van der Waals surface area contributed by atoms with Crippen LogP contribution in [0.4, 0.5) is 0 Å². The minimum Gasteiger partial charge on any atom is -0.248 e. The highest BCUT2D eigenvalue weighted by atomic mass is 79.9. The van der Waals surface area contributed by atoms with Crippen molar-refractivity contribution >= 4 is 109 Å². The predicted molar refractivity (Wildman–Crippen MR) is 250 cm³/mol. The van der Waals surface area contributed by atoms with Crippen molar-refractivity contribution in [3.8, 4) is 0 Å². The molecule has 56 heavy (non-hydrogen) atoms. The lowest BCUT2D eigenvalue weighted by molar-refractivity contribution is 1.38.